The zero-order valence-electron chi connectivity index (χ0n) is 16.9. The molecule has 1 N–H and O–H groups in total. The number of carbonyl (C=O) groups is 3. The van der Waals surface area contributed by atoms with E-state index in [1.165, 1.54) is 18.9 Å². The molecule has 4 rings (SSSR count). The molecule has 1 aromatic heterocycles. The molecule has 1 aromatic carbocycles. The Morgan fingerprint density at radius 3 is 2.63 bits per heavy atom. The van der Waals surface area contributed by atoms with Crippen molar-refractivity contribution in [2.24, 2.45) is 5.10 Å². The van der Waals surface area contributed by atoms with Crippen molar-refractivity contribution in [1.29, 1.82) is 0 Å². The monoisotopic (exact) mass is 423 g/mol. The first-order valence-corrected chi connectivity index (χ1v) is 10.4. The number of hydrogen-bond donors (Lipinski definition) is 1. The van der Waals surface area contributed by atoms with E-state index in [4.69, 9.17) is 0 Å². The van der Waals surface area contributed by atoms with Gasteiger partial charge in [0.05, 0.1) is 12.2 Å². The number of rotatable bonds is 3. The Hall–Kier alpha value is -3.20. The van der Waals surface area contributed by atoms with Gasteiger partial charge >= 0.3 is 0 Å². The summed E-state index contributed by atoms with van der Waals surface area (Å²) in [6.07, 6.45) is 4.17. The van der Waals surface area contributed by atoms with E-state index in [-0.39, 0.29) is 22.9 Å². The molecule has 2 aliphatic rings. The Labute approximate surface area is 178 Å². The van der Waals surface area contributed by atoms with Crippen molar-refractivity contribution in [2.45, 2.75) is 38.6 Å². The molecule has 0 saturated heterocycles. The van der Waals surface area contributed by atoms with E-state index in [2.05, 4.69) is 15.4 Å². The third kappa shape index (κ3) is 3.15. The molecule has 3 heterocycles. The summed E-state index contributed by atoms with van der Waals surface area (Å²) in [4.78, 5) is 42.4. The summed E-state index contributed by atoms with van der Waals surface area (Å²) in [6.45, 7) is 5.07. The van der Waals surface area contributed by atoms with Crippen LogP contribution in [0.1, 0.15) is 37.5 Å². The van der Waals surface area contributed by atoms with Gasteiger partial charge in [0.2, 0.25) is 16.7 Å². The zero-order valence-corrected chi connectivity index (χ0v) is 17.7. The van der Waals surface area contributed by atoms with Crippen LogP contribution in [0.15, 0.2) is 47.8 Å². The highest BCUT2D eigenvalue weighted by Gasteiger charge is 2.61. The maximum Gasteiger partial charge on any atom is 0.271 e. The Balaban J connectivity index is 1.85. The number of pyridine rings is 1. The van der Waals surface area contributed by atoms with Crippen LogP contribution in [-0.4, -0.2) is 32.9 Å². The summed E-state index contributed by atoms with van der Waals surface area (Å²) in [5.74, 6) is -0.979. The number of anilines is 1. The minimum atomic E-state index is -1.38. The average Bonchev–Trinajstić information content (AvgIpc) is 3.20. The van der Waals surface area contributed by atoms with Crippen LogP contribution in [0.4, 0.5) is 5.69 Å². The molecule has 8 nitrogen and oxygen atoms in total. The molecular formula is C21H21N5O3S. The first-order chi connectivity index (χ1) is 14.4. The van der Waals surface area contributed by atoms with E-state index >= 15 is 0 Å². The third-order valence-corrected chi connectivity index (χ3v) is 6.28. The van der Waals surface area contributed by atoms with Crippen molar-refractivity contribution in [3.8, 4) is 0 Å². The predicted molar refractivity (Wildman–Crippen MR) is 114 cm³/mol. The van der Waals surface area contributed by atoms with Crippen molar-refractivity contribution in [3.63, 3.8) is 0 Å². The first-order valence-electron chi connectivity index (χ1n) is 9.57. The molecule has 3 amide bonds. The number of amidine groups is 1. The van der Waals surface area contributed by atoms with Gasteiger partial charge in [-0.05, 0) is 47.5 Å². The Kier molecular flexibility index (Phi) is 5.07. The average molecular weight is 423 g/mol. The van der Waals surface area contributed by atoms with E-state index in [9.17, 15) is 14.4 Å². The van der Waals surface area contributed by atoms with E-state index < -0.39 is 4.87 Å². The summed E-state index contributed by atoms with van der Waals surface area (Å²) in [6, 6.07) is 9.55. The summed E-state index contributed by atoms with van der Waals surface area (Å²) >= 11 is 1.09. The van der Waals surface area contributed by atoms with Gasteiger partial charge in [-0.25, -0.2) is 0 Å². The van der Waals surface area contributed by atoms with Crippen LogP contribution in [0, 0.1) is 0 Å². The van der Waals surface area contributed by atoms with Crippen LogP contribution in [0.2, 0.25) is 0 Å². The normalized spacial score (nSPS) is 19.8. The lowest BCUT2D eigenvalue weighted by Gasteiger charge is -2.29. The second-order valence-electron chi connectivity index (χ2n) is 7.12. The molecule has 0 aliphatic carbocycles. The number of benzene rings is 1. The molecule has 0 saturated carbocycles. The molecular weight excluding hydrogens is 402 g/mol. The zero-order chi connectivity index (χ0) is 21.5. The van der Waals surface area contributed by atoms with Gasteiger partial charge in [-0.1, -0.05) is 19.1 Å². The number of nitrogens with zero attached hydrogens (tertiary/aromatic N) is 4. The third-order valence-electron chi connectivity index (χ3n) is 5.04. The Morgan fingerprint density at radius 1 is 1.20 bits per heavy atom. The highest BCUT2D eigenvalue weighted by atomic mass is 32.2. The lowest BCUT2D eigenvalue weighted by molar-refractivity contribution is -0.139. The minimum absolute atomic E-state index is 0.224. The lowest BCUT2D eigenvalue weighted by atomic mass is 10.0. The maximum absolute atomic E-state index is 13.8. The van der Waals surface area contributed by atoms with Crippen LogP contribution in [0.25, 0.3) is 0 Å². The van der Waals surface area contributed by atoms with Gasteiger partial charge in [0.1, 0.15) is 0 Å². The lowest BCUT2D eigenvalue weighted by Crippen LogP contribution is -2.48. The van der Waals surface area contributed by atoms with Gasteiger partial charge in [0.15, 0.2) is 5.17 Å². The number of aryl methyl sites for hydroxylation is 1. The van der Waals surface area contributed by atoms with E-state index in [1.54, 1.807) is 17.3 Å². The summed E-state index contributed by atoms with van der Waals surface area (Å²) < 4.78 is 0. The molecule has 2 aliphatic heterocycles. The summed E-state index contributed by atoms with van der Waals surface area (Å²) in [7, 11) is 0. The first kappa shape index (κ1) is 20.1. The minimum Gasteiger partial charge on any atom is -0.304 e. The molecule has 0 unspecified atom stereocenters. The summed E-state index contributed by atoms with van der Waals surface area (Å²) in [5, 5.41) is 8.31. The molecule has 0 bridgehead atoms. The Bertz CT molecular complexity index is 1070. The molecule has 0 fully saturated rings. The smallest absolute Gasteiger partial charge is 0.271 e. The number of nitrogens with one attached hydrogen (secondary N) is 1. The number of fused-ring (bicyclic) bond motifs is 2. The highest BCUT2D eigenvalue weighted by molar-refractivity contribution is 8.15. The van der Waals surface area contributed by atoms with E-state index in [0.717, 1.165) is 35.0 Å². The molecule has 1 spiro atoms. The highest BCUT2D eigenvalue weighted by Crippen LogP contribution is 2.55. The largest absolute Gasteiger partial charge is 0.304 e. The van der Waals surface area contributed by atoms with Crippen LogP contribution in [-0.2, 0) is 32.2 Å². The fraction of sp³-hybridized carbons (Fsp3) is 0.286. The Morgan fingerprint density at radius 2 is 2.00 bits per heavy atom. The number of amides is 3. The molecule has 2 aromatic rings. The second-order valence-corrected chi connectivity index (χ2v) is 8.30. The number of hydrogen-bond acceptors (Lipinski definition) is 6. The van der Waals surface area contributed by atoms with Gasteiger partial charge in [0, 0.05) is 31.8 Å². The topological polar surface area (TPSA) is 95.0 Å². The predicted octanol–water partition coefficient (Wildman–Crippen LogP) is 2.35. The number of aromatic nitrogens is 1. The van der Waals surface area contributed by atoms with Crippen LogP contribution in [0.5, 0.6) is 0 Å². The molecule has 154 valence electrons. The van der Waals surface area contributed by atoms with Crippen molar-refractivity contribution in [1.82, 2.24) is 15.3 Å². The SMILES string of the molecule is CCc1ccc2c(c1)[C@]1(SC(NC(C)=O)=NN1C(C)=O)C(=O)N2Cc1cccnc1. The summed E-state index contributed by atoms with van der Waals surface area (Å²) in [5.41, 5.74) is 3.33. The van der Waals surface area contributed by atoms with E-state index in [1.807, 2.05) is 37.3 Å². The van der Waals surface area contributed by atoms with Crippen molar-refractivity contribution in [3.05, 3.63) is 59.4 Å². The van der Waals surface area contributed by atoms with Crippen LogP contribution >= 0.6 is 11.8 Å². The second kappa shape index (κ2) is 7.56. The van der Waals surface area contributed by atoms with E-state index in [0.29, 0.717) is 12.1 Å². The standard InChI is InChI=1S/C21H21N5O3S/c1-4-15-7-8-18-17(10-15)21(19(29)25(18)12-16-6-5-9-22-11-16)26(14(3)28)24-20(30-21)23-13(2)27/h5-11H,4,12H2,1-3H3,(H,23,24,27)/t21-/m0/s1. The van der Waals surface area contributed by atoms with Crippen LogP contribution < -0.4 is 10.2 Å². The van der Waals surface area contributed by atoms with Gasteiger partial charge < -0.3 is 10.2 Å². The quantitative estimate of drug-likeness (QED) is 0.818. The number of hydrazone groups is 1. The van der Waals surface area contributed by atoms with Gasteiger partial charge in [-0.15, -0.1) is 5.10 Å². The van der Waals surface area contributed by atoms with Gasteiger partial charge in [-0.3, -0.25) is 19.4 Å². The van der Waals surface area contributed by atoms with Gasteiger partial charge in [0.25, 0.3) is 5.91 Å². The fourth-order valence-corrected chi connectivity index (χ4v) is 5.03. The number of carbonyl (C=O) groups excluding carboxylic acids is 3. The van der Waals surface area contributed by atoms with Crippen molar-refractivity contribution >= 4 is 40.3 Å². The van der Waals surface area contributed by atoms with Gasteiger partial charge in [-0.2, -0.15) is 5.01 Å². The number of thioether (sulfide) groups is 1. The molecule has 9 heteroatoms. The van der Waals surface area contributed by atoms with Crippen molar-refractivity contribution < 1.29 is 14.4 Å². The molecule has 30 heavy (non-hydrogen) atoms. The maximum atomic E-state index is 13.8. The molecule has 0 radical (unpaired) electrons. The fourth-order valence-electron chi connectivity index (χ4n) is 3.71. The molecule has 1 atom stereocenters. The van der Waals surface area contributed by atoms with Crippen molar-refractivity contribution in [2.75, 3.05) is 4.90 Å². The van der Waals surface area contributed by atoms with Crippen LogP contribution in [0.3, 0.4) is 0 Å².